The molecule has 1 aliphatic carbocycles. The number of amides is 1. The zero-order valence-electron chi connectivity index (χ0n) is 13.0. The summed E-state index contributed by atoms with van der Waals surface area (Å²) < 4.78 is 5.17. The number of aromatic nitrogens is 2. The van der Waals surface area contributed by atoms with E-state index in [9.17, 15) is 14.7 Å². The largest absolute Gasteiger partial charge is 0.476 e. The molecule has 1 amide bonds. The average molecular weight is 327 g/mol. The van der Waals surface area contributed by atoms with E-state index in [4.69, 9.17) is 4.74 Å². The summed E-state index contributed by atoms with van der Waals surface area (Å²) in [7, 11) is 0. The van der Waals surface area contributed by atoms with Gasteiger partial charge in [-0.1, -0.05) is 30.3 Å². The standard InChI is InChI=1S/C17H17N3O4/c21-16(22)14-12-8-4-5-9-13(12)15(20-19-14)18-17(23)24-10-11-6-2-1-3-7-11/h1-3,6-7H,4-5,8-10H2,(H,21,22)(H,18,20,23). The lowest BCUT2D eigenvalue weighted by molar-refractivity contribution is 0.0687. The molecule has 1 aromatic carbocycles. The molecule has 0 bridgehead atoms. The van der Waals surface area contributed by atoms with Crippen LogP contribution in [0.3, 0.4) is 0 Å². The van der Waals surface area contributed by atoms with Crippen molar-refractivity contribution >= 4 is 17.9 Å². The molecule has 1 aromatic heterocycles. The monoisotopic (exact) mass is 327 g/mol. The molecule has 0 fully saturated rings. The van der Waals surface area contributed by atoms with Gasteiger partial charge in [-0.3, -0.25) is 5.32 Å². The lowest BCUT2D eigenvalue weighted by Gasteiger charge is -2.19. The summed E-state index contributed by atoms with van der Waals surface area (Å²) in [6, 6.07) is 9.33. The average Bonchev–Trinajstić information content (AvgIpc) is 2.61. The number of aromatic carboxylic acids is 1. The molecule has 0 unspecified atom stereocenters. The minimum Gasteiger partial charge on any atom is -0.476 e. The van der Waals surface area contributed by atoms with Crippen molar-refractivity contribution in [2.75, 3.05) is 5.32 Å². The predicted octanol–water partition coefficient (Wildman–Crippen LogP) is 2.80. The van der Waals surface area contributed by atoms with Crippen LogP contribution in [0.25, 0.3) is 0 Å². The lowest BCUT2D eigenvalue weighted by Crippen LogP contribution is -2.21. The molecule has 2 aromatic rings. The molecule has 7 heteroatoms. The third-order valence-electron chi connectivity index (χ3n) is 3.93. The highest BCUT2D eigenvalue weighted by Crippen LogP contribution is 2.28. The van der Waals surface area contributed by atoms with Crippen molar-refractivity contribution in [3.8, 4) is 0 Å². The topological polar surface area (TPSA) is 101 Å². The first-order valence-electron chi connectivity index (χ1n) is 7.74. The van der Waals surface area contributed by atoms with Crippen LogP contribution in [0.2, 0.25) is 0 Å². The van der Waals surface area contributed by atoms with E-state index in [2.05, 4.69) is 15.5 Å². The van der Waals surface area contributed by atoms with Gasteiger partial charge in [0.05, 0.1) is 0 Å². The maximum atomic E-state index is 12.0. The predicted molar refractivity (Wildman–Crippen MR) is 85.9 cm³/mol. The summed E-state index contributed by atoms with van der Waals surface area (Å²) in [4.78, 5) is 23.2. The summed E-state index contributed by atoms with van der Waals surface area (Å²) in [5, 5.41) is 19.4. The lowest BCUT2D eigenvalue weighted by atomic mass is 9.91. The summed E-state index contributed by atoms with van der Waals surface area (Å²) in [6.45, 7) is 0.148. The Morgan fingerprint density at radius 1 is 1.08 bits per heavy atom. The minimum atomic E-state index is -1.10. The number of hydrogen-bond donors (Lipinski definition) is 2. The first-order valence-corrected chi connectivity index (χ1v) is 7.74. The number of carbonyl (C=O) groups is 2. The second-order valence-electron chi connectivity index (χ2n) is 5.55. The van der Waals surface area contributed by atoms with Gasteiger partial charge >= 0.3 is 12.1 Å². The molecular formula is C17H17N3O4. The van der Waals surface area contributed by atoms with Gasteiger partial charge in [0, 0.05) is 5.56 Å². The summed E-state index contributed by atoms with van der Waals surface area (Å²) in [6.07, 6.45) is 2.48. The van der Waals surface area contributed by atoms with E-state index in [1.165, 1.54) is 0 Å². The molecule has 1 heterocycles. The van der Waals surface area contributed by atoms with Crippen molar-refractivity contribution in [1.82, 2.24) is 10.2 Å². The summed E-state index contributed by atoms with van der Waals surface area (Å²) in [5.41, 5.74) is 2.24. The Bertz CT molecular complexity index is 762. The second-order valence-corrected chi connectivity index (χ2v) is 5.55. The molecule has 0 saturated heterocycles. The number of anilines is 1. The molecule has 124 valence electrons. The number of rotatable bonds is 4. The van der Waals surface area contributed by atoms with Gasteiger partial charge in [0.25, 0.3) is 0 Å². The fraction of sp³-hybridized carbons (Fsp3) is 0.294. The third-order valence-corrected chi connectivity index (χ3v) is 3.93. The van der Waals surface area contributed by atoms with Crippen molar-refractivity contribution in [3.63, 3.8) is 0 Å². The van der Waals surface area contributed by atoms with Crippen molar-refractivity contribution < 1.29 is 19.4 Å². The molecule has 2 N–H and O–H groups in total. The van der Waals surface area contributed by atoms with E-state index in [0.29, 0.717) is 18.4 Å². The fourth-order valence-corrected chi connectivity index (χ4v) is 2.78. The Morgan fingerprint density at radius 3 is 2.50 bits per heavy atom. The SMILES string of the molecule is O=C(Nc1nnc(C(=O)O)c2c1CCCC2)OCc1ccccc1. The van der Waals surface area contributed by atoms with E-state index < -0.39 is 12.1 Å². The Hall–Kier alpha value is -2.96. The van der Waals surface area contributed by atoms with Crippen LogP contribution in [-0.2, 0) is 24.2 Å². The number of benzene rings is 1. The molecule has 0 spiro atoms. The highest BCUT2D eigenvalue weighted by atomic mass is 16.5. The van der Waals surface area contributed by atoms with Crippen LogP contribution in [-0.4, -0.2) is 27.4 Å². The number of carboxylic acid groups (broad SMARTS) is 1. The van der Waals surface area contributed by atoms with Crippen LogP contribution in [0.1, 0.15) is 40.0 Å². The molecule has 1 aliphatic rings. The maximum absolute atomic E-state index is 12.0. The molecule has 0 saturated carbocycles. The van der Waals surface area contributed by atoms with E-state index in [0.717, 1.165) is 24.0 Å². The summed E-state index contributed by atoms with van der Waals surface area (Å²) >= 11 is 0. The van der Waals surface area contributed by atoms with E-state index >= 15 is 0 Å². The van der Waals surface area contributed by atoms with Gasteiger partial charge in [-0.15, -0.1) is 10.2 Å². The molecular weight excluding hydrogens is 310 g/mol. The fourth-order valence-electron chi connectivity index (χ4n) is 2.78. The molecule has 0 aliphatic heterocycles. The highest BCUT2D eigenvalue weighted by Gasteiger charge is 2.24. The Kier molecular flexibility index (Phi) is 4.69. The third kappa shape index (κ3) is 3.51. The van der Waals surface area contributed by atoms with Crippen molar-refractivity contribution in [2.45, 2.75) is 32.3 Å². The first kappa shape index (κ1) is 15.9. The normalized spacial score (nSPS) is 13.0. The van der Waals surface area contributed by atoms with Gasteiger partial charge in [0.15, 0.2) is 11.5 Å². The van der Waals surface area contributed by atoms with Gasteiger partial charge in [-0.25, -0.2) is 9.59 Å². The minimum absolute atomic E-state index is 0.0343. The first-order chi connectivity index (χ1) is 11.6. The number of nitrogens with zero attached hydrogens (tertiary/aromatic N) is 2. The van der Waals surface area contributed by atoms with Crippen LogP contribution in [0, 0.1) is 0 Å². The van der Waals surface area contributed by atoms with E-state index in [-0.39, 0.29) is 18.1 Å². The van der Waals surface area contributed by atoms with Crippen LogP contribution in [0.4, 0.5) is 10.6 Å². The number of nitrogens with one attached hydrogen (secondary N) is 1. The Labute approximate surface area is 138 Å². The van der Waals surface area contributed by atoms with Crippen molar-refractivity contribution in [1.29, 1.82) is 0 Å². The number of carbonyl (C=O) groups excluding carboxylic acids is 1. The van der Waals surface area contributed by atoms with Crippen LogP contribution in [0.5, 0.6) is 0 Å². The van der Waals surface area contributed by atoms with E-state index in [1.54, 1.807) is 0 Å². The molecule has 0 atom stereocenters. The quantitative estimate of drug-likeness (QED) is 0.895. The number of fused-ring (bicyclic) bond motifs is 1. The van der Waals surface area contributed by atoms with Crippen molar-refractivity contribution in [2.24, 2.45) is 0 Å². The van der Waals surface area contributed by atoms with Gasteiger partial charge in [-0.2, -0.15) is 0 Å². The molecule has 24 heavy (non-hydrogen) atoms. The van der Waals surface area contributed by atoms with Gasteiger partial charge in [-0.05, 0) is 36.8 Å². The second kappa shape index (κ2) is 7.08. The van der Waals surface area contributed by atoms with Gasteiger partial charge in [0.1, 0.15) is 6.61 Å². The van der Waals surface area contributed by atoms with Crippen molar-refractivity contribution in [3.05, 3.63) is 52.7 Å². The molecule has 3 rings (SSSR count). The molecule has 7 nitrogen and oxygen atoms in total. The van der Waals surface area contributed by atoms with Crippen LogP contribution < -0.4 is 5.32 Å². The smallest absolute Gasteiger partial charge is 0.413 e. The van der Waals surface area contributed by atoms with Crippen LogP contribution >= 0.6 is 0 Å². The number of ether oxygens (including phenoxy) is 1. The van der Waals surface area contributed by atoms with Gasteiger partial charge < -0.3 is 9.84 Å². The maximum Gasteiger partial charge on any atom is 0.413 e. The number of hydrogen-bond acceptors (Lipinski definition) is 5. The van der Waals surface area contributed by atoms with E-state index in [1.807, 2.05) is 30.3 Å². The Morgan fingerprint density at radius 2 is 1.79 bits per heavy atom. The zero-order chi connectivity index (χ0) is 16.9. The summed E-state index contributed by atoms with van der Waals surface area (Å²) in [5.74, 6) is -0.813. The van der Waals surface area contributed by atoms with Gasteiger partial charge in [0.2, 0.25) is 0 Å². The van der Waals surface area contributed by atoms with Crippen LogP contribution in [0.15, 0.2) is 30.3 Å². The highest BCUT2D eigenvalue weighted by molar-refractivity contribution is 5.89. The molecule has 0 radical (unpaired) electrons. The zero-order valence-corrected chi connectivity index (χ0v) is 13.0. The number of carboxylic acids is 1. The Balaban J connectivity index is 1.73.